The number of amides is 1. The molecule has 0 aromatic heterocycles. The van der Waals surface area contributed by atoms with Gasteiger partial charge in [0.05, 0.1) is 5.54 Å². The summed E-state index contributed by atoms with van der Waals surface area (Å²) in [6, 6.07) is 8.70. The Morgan fingerprint density at radius 2 is 2.14 bits per heavy atom. The van der Waals surface area contributed by atoms with Crippen LogP contribution in [-0.4, -0.2) is 22.7 Å². The van der Waals surface area contributed by atoms with E-state index in [1.807, 2.05) is 11.8 Å². The maximum absolute atomic E-state index is 12.0. The van der Waals surface area contributed by atoms with Crippen LogP contribution in [0.4, 0.5) is 0 Å². The minimum atomic E-state index is -0.535. The molecule has 1 saturated carbocycles. The molecule has 1 amide bonds. The molecule has 1 aromatic carbocycles. The quantitative estimate of drug-likeness (QED) is 0.878. The van der Waals surface area contributed by atoms with E-state index in [9.17, 15) is 4.79 Å². The molecule has 3 nitrogen and oxygen atoms in total. The van der Waals surface area contributed by atoms with Gasteiger partial charge in [-0.15, -0.1) is 11.8 Å². The Morgan fingerprint density at radius 3 is 2.76 bits per heavy atom. The fourth-order valence-corrected chi connectivity index (χ4v) is 4.59. The van der Waals surface area contributed by atoms with E-state index in [2.05, 4.69) is 50.4 Å². The number of nitrogens with one attached hydrogen (secondary N) is 1. The first kappa shape index (κ1) is 16.4. The third-order valence-corrected chi connectivity index (χ3v) is 5.58. The van der Waals surface area contributed by atoms with Crippen molar-refractivity contribution in [3.8, 4) is 0 Å². The number of carbonyl (C=O) groups excluding carboxylic acids is 1. The lowest BCUT2D eigenvalue weighted by Crippen LogP contribution is -2.60. The molecular formula is C17H26N2OS. The molecule has 1 fully saturated rings. The molecule has 1 aliphatic rings. The molecule has 0 radical (unpaired) electrons. The van der Waals surface area contributed by atoms with Gasteiger partial charge < -0.3 is 11.1 Å². The Balaban J connectivity index is 2.12. The molecule has 0 spiro atoms. The standard InChI is InChI=1S/C17H26N2OS/c1-12(2)19-17(16(18)20)10-6-8-14(11-17)21-15-9-5-4-7-13(15)3/h4-5,7,9,12,14,19H,6,8,10-11H2,1-3H3,(H2,18,20). The lowest BCUT2D eigenvalue weighted by molar-refractivity contribution is -0.126. The van der Waals surface area contributed by atoms with E-state index in [4.69, 9.17) is 5.73 Å². The lowest BCUT2D eigenvalue weighted by atomic mass is 9.80. The average Bonchev–Trinajstić information content (AvgIpc) is 2.41. The van der Waals surface area contributed by atoms with Gasteiger partial charge in [0.15, 0.2) is 0 Å². The molecule has 21 heavy (non-hydrogen) atoms. The summed E-state index contributed by atoms with van der Waals surface area (Å²) in [5, 5.41) is 3.88. The topological polar surface area (TPSA) is 55.1 Å². The minimum absolute atomic E-state index is 0.203. The van der Waals surface area contributed by atoms with Gasteiger partial charge in [-0.25, -0.2) is 0 Å². The second-order valence-corrected chi connectivity index (χ2v) is 7.69. The van der Waals surface area contributed by atoms with Gasteiger partial charge in [0.1, 0.15) is 0 Å². The zero-order valence-electron chi connectivity index (χ0n) is 13.2. The van der Waals surface area contributed by atoms with Gasteiger partial charge in [-0.05, 0) is 58.1 Å². The number of hydrogen-bond donors (Lipinski definition) is 2. The van der Waals surface area contributed by atoms with Crippen LogP contribution in [0.25, 0.3) is 0 Å². The summed E-state index contributed by atoms with van der Waals surface area (Å²) < 4.78 is 0. The Bertz CT molecular complexity index is 503. The van der Waals surface area contributed by atoms with Crippen LogP contribution < -0.4 is 11.1 Å². The van der Waals surface area contributed by atoms with Crippen LogP contribution in [-0.2, 0) is 4.79 Å². The summed E-state index contributed by atoms with van der Waals surface area (Å²) in [6.07, 6.45) is 3.87. The molecule has 0 bridgehead atoms. The third kappa shape index (κ3) is 4.01. The van der Waals surface area contributed by atoms with Crippen LogP contribution in [0, 0.1) is 6.92 Å². The minimum Gasteiger partial charge on any atom is -0.368 e. The van der Waals surface area contributed by atoms with Crippen molar-refractivity contribution in [2.45, 2.75) is 68.2 Å². The lowest BCUT2D eigenvalue weighted by Gasteiger charge is -2.40. The molecule has 116 valence electrons. The van der Waals surface area contributed by atoms with Gasteiger partial charge in [0, 0.05) is 16.2 Å². The summed E-state index contributed by atoms with van der Waals surface area (Å²) >= 11 is 1.89. The van der Waals surface area contributed by atoms with Crippen LogP contribution in [0.3, 0.4) is 0 Å². The molecule has 2 rings (SSSR count). The number of benzene rings is 1. The zero-order valence-corrected chi connectivity index (χ0v) is 14.0. The molecule has 1 aliphatic carbocycles. The van der Waals surface area contributed by atoms with E-state index in [1.165, 1.54) is 10.5 Å². The normalized spacial score (nSPS) is 26.0. The predicted octanol–water partition coefficient (Wildman–Crippen LogP) is 3.25. The van der Waals surface area contributed by atoms with Crippen molar-refractivity contribution in [3.05, 3.63) is 29.8 Å². The molecule has 4 heteroatoms. The highest BCUT2D eigenvalue weighted by Crippen LogP contribution is 2.39. The van der Waals surface area contributed by atoms with E-state index >= 15 is 0 Å². The highest BCUT2D eigenvalue weighted by molar-refractivity contribution is 8.00. The Kier molecular flexibility index (Phi) is 5.33. The first-order valence-corrected chi connectivity index (χ1v) is 8.61. The Labute approximate surface area is 132 Å². The smallest absolute Gasteiger partial charge is 0.237 e. The van der Waals surface area contributed by atoms with Crippen molar-refractivity contribution >= 4 is 17.7 Å². The van der Waals surface area contributed by atoms with E-state index in [1.54, 1.807) is 0 Å². The fraction of sp³-hybridized carbons (Fsp3) is 0.588. The van der Waals surface area contributed by atoms with Gasteiger partial charge in [0.2, 0.25) is 5.91 Å². The number of nitrogens with two attached hydrogens (primary N) is 1. The van der Waals surface area contributed by atoms with Crippen molar-refractivity contribution in [2.75, 3.05) is 0 Å². The third-order valence-electron chi connectivity index (χ3n) is 4.13. The van der Waals surface area contributed by atoms with E-state index in [0.717, 1.165) is 25.7 Å². The van der Waals surface area contributed by atoms with Crippen molar-refractivity contribution in [3.63, 3.8) is 0 Å². The van der Waals surface area contributed by atoms with E-state index in [0.29, 0.717) is 5.25 Å². The SMILES string of the molecule is Cc1ccccc1SC1CCCC(NC(C)C)(C(N)=O)C1. The molecule has 0 heterocycles. The highest BCUT2D eigenvalue weighted by atomic mass is 32.2. The summed E-state index contributed by atoms with van der Waals surface area (Å²) in [4.78, 5) is 13.3. The number of carbonyl (C=O) groups is 1. The first-order chi connectivity index (χ1) is 9.93. The average molecular weight is 306 g/mol. The summed E-state index contributed by atoms with van der Waals surface area (Å²) in [7, 11) is 0. The number of primary amides is 1. The summed E-state index contributed by atoms with van der Waals surface area (Å²) in [5.41, 5.74) is 6.49. The molecule has 2 atom stereocenters. The predicted molar refractivity (Wildman–Crippen MR) is 89.5 cm³/mol. The Morgan fingerprint density at radius 1 is 1.43 bits per heavy atom. The van der Waals surface area contributed by atoms with Crippen LogP contribution in [0.15, 0.2) is 29.2 Å². The van der Waals surface area contributed by atoms with Gasteiger partial charge in [-0.2, -0.15) is 0 Å². The second kappa shape index (κ2) is 6.84. The molecular weight excluding hydrogens is 280 g/mol. The molecule has 0 saturated heterocycles. The van der Waals surface area contributed by atoms with E-state index < -0.39 is 5.54 Å². The van der Waals surface area contributed by atoms with Gasteiger partial charge in [0.25, 0.3) is 0 Å². The number of rotatable bonds is 5. The van der Waals surface area contributed by atoms with Gasteiger partial charge in [-0.3, -0.25) is 4.79 Å². The maximum Gasteiger partial charge on any atom is 0.237 e. The monoisotopic (exact) mass is 306 g/mol. The van der Waals surface area contributed by atoms with Gasteiger partial charge in [-0.1, -0.05) is 18.2 Å². The van der Waals surface area contributed by atoms with Crippen molar-refractivity contribution in [1.29, 1.82) is 0 Å². The van der Waals surface area contributed by atoms with Crippen LogP contribution >= 0.6 is 11.8 Å². The molecule has 1 aromatic rings. The van der Waals surface area contributed by atoms with Crippen molar-refractivity contribution in [2.24, 2.45) is 5.73 Å². The molecule has 3 N–H and O–H groups in total. The molecule has 0 aliphatic heterocycles. The van der Waals surface area contributed by atoms with Gasteiger partial charge >= 0.3 is 0 Å². The Hall–Kier alpha value is -1.00. The van der Waals surface area contributed by atoms with Crippen LogP contribution in [0.2, 0.25) is 0 Å². The van der Waals surface area contributed by atoms with Crippen LogP contribution in [0.5, 0.6) is 0 Å². The number of thioether (sulfide) groups is 1. The highest BCUT2D eigenvalue weighted by Gasteiger charge is 2.41. The fourth-order valence-electron chi connectivity index (χ4n) is 3.17. The maximum atomic E-state index is 12.0. The molecule has 2 unspecified atom stereocenters. The van der Waals surface area contributed by atoms with E-state index in [-0.39, 0.29) is 11.9 Å². The number of aryl methyl sites for hydroxylation is 1. The first-order valence-electron chi connectivity index (χ1n) is 7.73. The summed E-state index contributed by atoms with van der Waals surface area (Å²) in [5.74, 6) is -0.203. The largest absolute Gasteiger partial charge is 0.368 e. The van der Waals surface area contributed by atoms with Crippen molar-refractivity contribution < 1.29 is 4.79 Å². The second-order valence-electron chi connectivity index (χ2n) is 6.35. The van der Waals surface area contributed by atoms with Crippen LogP contribution in [0.1, 0.15) is 45.1 Å². The summed E-state index contributed by atoms with van der Waals surface area (Å²) in [6.45, 7) is 6.28. The number of hydrogen-bond acceptors (Lipinski definition) is 3. The zero-order chi connectivity index (χ0) is 15.5. The van der Waals surface area contributed by atoms with Crippen molar-refractivity contribution in [1.82, 2.24) is 5.32 Å².